The fourth-order valence-electron chi connectivity index (χ4n) is 2.87. The van der Waals surface area contributed by atoms with E-state index in [1.807, 2.05) is 18.3 Å². The van der Waals surface area contributed by atoms with Gasteiger partial charge in [0.2, 0.25) is 5.88 Å². The summed E-state index contributed by atoms with van der Waals surface area (Å²) in [6.07, 6.45) is -1.57. The van der Waals surface area contributed by atoms with E-state index >= 15 is 0 Å². The number of carbonyl (C=O) groups is 1. The molecule has 148 valence electrons. The van der Waals surface area contributed by atoms with Crippen LogP contribution in [0.2, 0.25) is 0 Å². The molecule has 3 aromatic rings. The van der Waals surface area contributed by atoms with E-state index in [1.165, 1.54) is 25.8 Å². The second kappa shape index (κ2) is 7.45. The summed E-state index contributed by atoms with van der Waals surface area (Å²) in [7, 11) is 1.51. The lowest BCUT2D eigenvalue weighted by atomic mass is 10.1. The summed E-state index contributed by atoms with van der Waals surface area (Å²) in [5, 5.41) is 1.89. The number of ether oxygens (including phenoxy) is 1. The van der Waals surface area contributed by atoms with E-state index in [2.05, 4.69) is 15.0 Å². The minimum atomic E-state index is -4.48. The van der Waals surface area contributed by atoms with Crippen molar-refractivity contribution in [3.05, 3.63) is 47.2 Å². The molecule has 2 heterocycles. The second-order valence-corrected chi connectivity index (χ2v) is 6.31. The van der Waals surface area contributed by atoms with Crippen LogP contribution in [0.3, 0.4) is 0 Å². The van der Waals surface area contributed by atoms with Crippen molar-refractivity contribution in [3.63, 3.8) is 0 Å². The lowest BCUT2D eigenvalue weighted by molar-refractivity contribution is -0.123. The van der Waals surface area contributed by atoms with Gasteiger partial charge in [0.15, 0.2) is 0 Å². The van der Waals surface area contributed by atoms with Gasteiger partial charge in [-0.15, -0.1) is 0 Å². The quantitative estimate of drug-likeness (QED) is 0.721. The first-order chi connectivity index (χ1) is 13.2. The number of nitrogens with one attached hydrogen (secondary N) is 1. The average Bonchev–Trinajstić information content (AvgIpc) is 3.02. The molecular formula is C18H18F3N5O2. The number of methoxy groups -OCH3 is 1. The van der Waals surface area contributed by atoms with E-state index in [-0.39, 0.29) is 5.56 Å². The molecule has 0 unspecified atom stereocenters. The highest BCUT2D eigenvalue weighted by molar-refractivity contribution is 6.05. The van der Waals surface area contributed by atoms with Crippen LogP contribution < -0.4 is 10.1 Å². The number of fused-ring (bicyclic) bond motifs is 1. The Balaban J connectivity index is 1.97. The molecule has 0 saturated heterocycles. The van der Waals surface area contributed by atoms with Gasteiger partial charge in [-0.3, -0.25) is 4.79 Å². The smallest absolute Gasteiger partial charge is 0.405 e. The third-order valence-corrected chi connectivity index (χ3v) is 4.22. The Bertz CT molecular complexity index is 1030. The maximum Gasteiger partial charge on any atom is 0.405 e. The molecule has 1 amide bonds. The fourth-order valence-corrected chi connectivity index (χ4v) is 2.87. The number of hydrogen-bond donors (Lipinski definition) is 1. The molecule has 0 fully saturated rings. The van der Waals surface area contributed by atoms with Crippen molar-refractivity contribution < 1.29 is 22.7 Å². The number of benzene rings is 1. The maximum absolute atomic E-state index is 12.4. The van der Waals surface area contributed by atoms with Crippen LogP contribution in [-0.4, -0.2) is 45.3 Å². The molecule has 28 heavy (non-hydrogen) atoms. The number of carbonyl (C=O) groups excluding carboxylic acids is 1. The summed E-state index contributed by atoms with van der Waals surface area (Å²) in [4.78, 5) is 24.8. The monoisotopic (exact) mass is 393 g/mol. The van der Waals surface area contributed by atoms with Crippen molar-refractivity contribution in [2.24, 2.45) is 0 Å². The Morgan fingerprint density at radius 3 is 2.64 bits per heavy atom. The first kappa shape index (κ1) is 19.6. The Morgan fingerprint density at radius 2 is 1.96 bits per heavy atom. The molecule has 0 aliphatic carbocycles. The van der Waals surface area contributed by atoms with Crippen LogP contribution in [0, 0.1) is 13.8 Å². The molecule has 0 spiro atoms. The number of aromatic nitrogens is 4. The van der Waals surface area contributed by atoms with Gasteiger partial charge in [0.25, 0.3) is 5.91 Å². The van der Waals surface area contributed by atoms with Crippen LogP contribution in [-0.2, 0) is 6.54 Å². The Labute approximate surface area is 158 Å². The van der Waals surface area contributed by atoms with Crippen LogP contribution in [0.25, 0.3) is 11.0 Å². The number of nitrogens with zero attached hydrogens (tertiary/aromatic N) is 4. The Kier molecular flexibility index (Phi) is 5.21. The van der Waals surface area contributed by atoms with E-state index in [4.69, 9.17) is 4.74 Å². The zero-order valence-electron chi connectivity index (χ0n) is 15.5. The molecule has 1 N–H and O–H groups in total. The lowest BCUT2D eigenvalue weighted by Crippen LogP contribution is -2.33. The lowest BCUT2D eigenvalue weighted by Gasteiger charge is -2.11. The molecule has 2 aromatic heterocycles. The number of aryl methyl sites for hydroxylation is 1. The maximum atomic E-state index is 12.4. The third-order valence-electron chi connectivity index (χ3n) is 4.22. The fraction of sp³-hybridized carbons (Fsp3) is 0.333. The first-order valence-corrected chi connectivity index (χ1v) is 8.34. The molecule has 0 bridgehead atoms. The van der Waals surface area contributed by atoms with E-state index in [9.17, 15) is 18.0 Å². The van der Waals surface area contributed by atoms with Crippen molar-refractivity contribution in [1.29, 1.82) is 0 Å². The third kappa shape index (κ3) is 4.05. The Morgan fingerprint density at radius 1 is 1.21 bits per heavy atom. The first-order valence-electron chi connectivity index (χ1n) is 8.34. The molecule has 0 atom stereocenters. The number of rotatable bonds is 5. The molecule has 0 aliphatic heterocycles. The highest BCUT2D eigenvalue weighted by Gasteiger charge is 2.28. The van der Waals surface area contributed by atoms with Gasteiger partial charge in [-0.1, -0.05) is 0 Å². The molecule has 0 saturated carbocycles. The summed E-state index contributed by atoms with van der Waals surface area (Å²) >= 11 is 0. The molecule has 3 rings (SSSR count). The number of imidazole rings is 1. The molecule has 7 nitrogen and oxygen atoms in total. The number of hydrogen-bond acceptors (Lipinski definition) is 5. The van der Waals surface area contributed by atoms with Crippen LogP contribution in [0.5, 0.6) is 5.88 Å². The second-order valence-electron chi connectivity index (χ2n) is 6.31. The summed E-state index contributed by atoms with van der Waals surface area (Å²) in [6.45, 7) is 2.53. The molecular weight excluding hydrogens is 375 g/mol. The van der Waals surface area contributed by atoms with Gasteiger partial charge < -0.3 is 14.6 Å². The highest BCUT2D eigenvalue weighted by atomic mass is 19.4. The van der Waals surface area contributed by atoms with E-state index in [1.54, 1.807) is 11.5 Å². The van der Waals surface area contributed by atoms with Gasteiger partial charge in [0.1, 0.15) is 18.4 Å². The highest BCUT2D eigenvalue weighted by Crippen LogP contribution is 2.23. The molecule has 10 heteroatoms. The van der Waals surface area contributed by atoms with Crippen LogP contribution in [0.15, 0.2) is 24.8 Å². The normalized spacial score (nSPS) is 11.6. The van der Waals surface area contributed by atoms with E-state index in [0.29, 0.717) is 29.2 Å². The van der Waals surface area contributed by atoms with Crippen molar-refractivity contribution in [2.75, 3.05) is 13.7 Å². The zero-order valence-corrected chi connectivity index (χ0v) is 15.5. The number of amides is 1. The molecule has 0 radical (unpaired) electrons. The van der Waals surface area contributed by atoms with Crippen LogP contribution in [0.4, 0.5) is 13.2 Å². The zero-order chi connectivity index (χ0) is 20.5. The van der Waals surface area contributed by atoms with Gasteiger partial charge in [-0.2, -0.15) is 13.2 Å². The summed E-state index contributed by atoms with van der Waals surface area (Å²) in [5.41, 5.74) is 3.23. The van der Waals surface area contributed by atoms with Gasteiger partial charge in [0, 0.05) is 5.56 Å². The van der Waals surface area contributed by atoms with Crippen molar-refractivity contribution in [1.82, 2.24) is 24.8 Å². The van der Waals surface area contributed by atoms with Gasteiger partial charge in [-0.25, -0.2) is 15.0 Å². The Hall–Kier alpha value is -3.17. The number of alkyl halides is 3. The standard InChI is InChI=1S/C18H18F3N5O2/c1-10-4-12(16(27)22-7-18(19,20)21)15-14(5-10)26(9-25-15)6-13-11(2)17(28-3)24-8-23-13/h4-5,8-9H,6-7H2,1-3H3,(H,22,27). The van der Waals surface area contributed by atoms with Crippen LogP contribution >= 0.6 is 0 Å². The summed E-state index contributed by atoms with van der Waals surface area (Å²) in [5.74, 6) is -0.367. The average molecular weight is 393 g/mol. The van der Waals surface area contributed by atoms with E-state index < -0.39 is 18.6 Å². The minimum Gasteiger partial charge on any atom is -0.481 e. The number of halogens is 3. The summed E-state index contributed by atoms with van der Waals surface area (Å²) < 4.78 is 44.2. The van der Waals surface area contributed by atoms with Gasteiger partial charge in [0.05, 0.1) is 36.8 Å². The predicted molar refractivity (Wildman–Crippen MR) is 95.3 cm³/mol. The van der Waals surface area contributed by atoms with Crippen LogP contribution in [0.1, 0.15) is 27.2 Å². The molecule has 0 aliphatic rings. The predicted octanol–water partition coefficient (Wildman–Crippen LogP) is 2.79. The topological polar surface area (TPSA) is 81.9 Å². The summed E-state index contributed by atoms with van der Waals surface area (Å²) in [6, 6.07) is 3.33. The van der Waals surface area contributed by atoms with E-state index in [0.717, 1.165) is 11.1 Å². The largest absolute Gasteiger partial charge is 0.481 e. The van der Waals surface area contributed by atoms with Crippen molar-refractivity contribution in [2.45, 2.75) is 26.6 Å². The SMILES string of the molecule is COc1ncnc(Cn2cnc3c(C(=O)NCC(F)(F)F)cc(C)cc32)c1C. The van der Waals surface area contributed by atoms with Crippen molar-refractivity contribution in [3.8, 4) is 5.88 Å². The van der Waals surface area contributed by atoms with Crippen molar-refractivity contribution >= 4 is 16.9 Å². The minimum absolute atomic E-state index is 0.0926. The van der Waals surface area contributed by atoms with Gasteiger partial charge in [-0.05, 0) is 31.5 Å². The molecule has 1 aromatic carbocycles. The van der Waals surface area contributed by atoms with Gasteiger partial charge >= 0.3 is 6.18 Å².